The van der Waals surface area contributed by atoms with Crippen molar-refractivity contribution in [2.24, 2.45) is 29.6 Å². The number of carbonyl (C=O) groups is 3. The maximum absolute atomic E-state index is 12.6. The molecule has 23 heavy (non-hydrogen) atoms. The number of carbonyl (C=O) groups excluding carboxylic acids is 3. The van der Waals surface area contributed by atoms with Crippen LogP contribution in [0.2, 0.25) is 0 Å². The fraction of sp³-hybridized carbons (Fsp3) is 0.647. The van der Waals surface area contributed by atoms with Gasteiger partial charge in [-0.2, -0.15) is 5.26 Å². The number of imide groups is 1. The highest BCUT2D eigenvalue weighted by Crippen LogP contribution is 2.52. The Morgan fingerprint density at radius 1 is 1.13 bits per heavy atom. The van der Waals surface area contributed by atoms with Gasteiger partial charge in [-0.15, -0.1) is 0 Å². The predicted octanol–water partition coefficient (Wildman–Crippen LogP) is 0.556. The van der Waals surface area contributed by atoms with E-state index < -0.39 is 0 Å². The highest BCUT2D eigenvalue weighted by atomic mass is 16.2. The molecule has 4 atom stereocenters. The molecule has 2 heterocycles. The summed E-state index contributed by atoms with van der Waals surface area (Å²) in [5.74, 6) is -0.641. The summed E-state index contributed by atoms with van der Waals surface area (Å²) in [6.45, 7) is 0.932. The summed E-state index contributed by atoms with van der Waals surface area (Å²) in [6, 6.07) is 2.23. The van der Waals surface area contributed by atoms with E-state index in [0.717, 1.165) is 6.42 Å². The third-order valence-electron chi connectivity index (χ3n) is 5.89. The van der Waals surface area contributed by atoms with Crippen LogP contribution in [0.25, 0.3) is 0 Å². The van der Waals surface area contributed by atoms with Crippen LogP contribution in [0.5, 0.6) is 0 Å². The summed E-state index contributed by atoms with van der Waals surface area (Å²) in [4.78, 5) is 40.4. The maximum Gasteiger partial charge on any atom is 0.242 e. The van der Waals surface area contributed by atoms with Gasteiger partial charge in [-0.1, -0.05) is 12.2 Å². The lowest BCUT2D eigenvalue weighted by molar-refractivity contribution is -0.147. The number of likely N-dealkylation sites (tertiary alicyclic amines) is 2. The van der Waals surface area contributed by atoms with Crippen molar-refractivity contribution >= 4 is 17.7 Å². The summed E-state index contributed by atoms with van der Waals surface area (Å²) in [7, 11) is 0. The number of allylic oxidation sites excluding steroid dienone is 2. The van der Waals surface area contributed by atoms with E-state index in [1.165, 1.54) is 4.90 Å². The Labute approximate surface area is 134 Å². The standard InChI is InChI=1S/C17H19N3O3/c18-8-10-3-5-19(6-4-10)13(21)9-20-16(22)14-11-1-2-12(7-11)15(14)17(20)23/h1-2,10-12,14-15H,3-7,9H2. The van der Waals surface area contributed by atoms with Gasteiger partial charge >= 0.3 is 0 Å². The van der Waals surface area contributed by atoms with Crippen LogP contribution in [-0.4, -0.2) is 47.2 Å². The molecule has 4 unspecified atom stereocenters. The molecule has 0 N–H and O–H groups in total. The largest absolute Gasteiger partial charge is 0.341 e. The molecule has 0 spiro atoms. The summed E-state index contributed by atoms with van der Waals surface area (Å²) >= 11 is 0. The number of amides is 3. The molecule has 4 rings (SSSR count). The summed E-state index contributed by atoms with van der Waals surface area (Å²) in [5.41, 5.74) is 0. The monoisotopic (exact) mass is 313 g/mol. The number of hydrogen-bond acceptors (Lipinski definition) is 4. The van der Waals surface area contributed by atoms with Crippen molar-refractivity contribution in [3.05, 3.63) is 12.2 Å². The second-order valence-electron chi connectivity index (χ2n) is 7.05. The van der Waals surface area contributed by atoms with Crippen molar-refractivity contribution in [3.8, 4) is 6.07 Å². The van der Waals surface area contributed by atoms with Crippen LogP contribution in [0, 0.1) is 40.9 Å². The molecule has 3 fully saturated rings. The van der Waals surface area contributed by atoms with Crippen LogP contribution in [0.15, 0.2) is 12.2 Å². The van der Waals surface area contributed by atoms with Gasteiger partial charge in [-0.25, -0.2) is 0 Å². The minimum absolute atomic E-state index is 0.00940. The lowest BCUT2D eigenvalue weighted by atomic mass is 9.85. The van der Waals surface area contributed by atoms with Crippen molar-refractivity contribution in [2.75, 3.05) is 19.6 Å². The second kappa shape index (κ2) is 5.19. The second-order valence-corrected chi connectivity index (χ2v) is 7.05. The topological polar surface area (TPSA) is 81.5 Å². The molecule has 0 aromatic carbocycles. The van der Waals surface area contributed by atoms with Crippen molar-refractivity contribution < 1.29 is 14.4 Å². The van der Waals surface area contributed by atoms with Gasteiger partial charge in [0.2, 0.25) is 17.7 Å². The molecule has 120 valence electrons. The number of nitriles is 1. The van der Waals surface area contributed by atoms with Gasteiger partial charge in [0.15, 0.2) is 0 Å². The van der Waals surface area contributed by atoms with Gasteiger partial charge in [-0.3, -0.25) is 19.3 Å². The van der Waals surface area contributed by atoms with Gasteiger partial charge in [0.1, 0.15) is 6.54 Å². The van der Waals surface area contributed by atoms with E-state index in [1.54, 1.807) is 4.90 Å². The Hall–Kier alpha value is -2.16. The van der Waals surface area contributed by atoms with Crippen LogP contribution in [0.1, 0.15) is 19.3 Å². The maximum atomic E-state index is 12.6. The third kappa shape index (κ3) is 2.10. The highest BCUT2D eigenvalue weighted by Gasteiger charge is 2.59. The van der Waals surface area contributed by atoms with Crippen molar-refractivity contribution in [1.82, 2.24) is 9.80 Å². The quantitative estimate of drug-likeness (QED) is 0.551. The number of fused-ring (bicyclic) bond motifs is 5. The minimum atomic E-state index is -0.241. The van der Waals surface area contributed by atoms with Gasteiger partial charge in [0, 0.05) is 19.0 Å². The third-order valence-corrected chi connectivity index (χ3v) is 5.89. The van der Waals surface area contributed by atoms with Gasteiger partial charge < -0.3 is 4.90 Å². The van der Waals surface area contributed by atoms with Crippen LogP contribution < -0.4 is 0 Å². The first kappa shape index (κ1) is 14.4. The average molecular weight is 313 g/mol. The zero-order valence-electron chi connectivity index (χ0n) is 12.9. The van der Waals surface area contributed by atoms with E-state index >= 15 is 0 Å². The van der Waals surface area contributed by atoms with E-state index in [4.69, 9.17) is 5.26 Å². The van der Waals surface area contributed by atoms with Gasteiger partial charge in [0.05, 0.1) is 17.9 Å². The highest BCUT2D eigenvalue weighted by molar-refractivity contribution is 6.08. The number of rotatable bonds is 2. The minimum Gasteiger partial charge on any atom is -0.341 e. The Bertz CT molecular complexity index is 612. The molecule has 2 saturated heterocycles. The molecule has 2 bridgehead atoms. The molecule has 1 saturated carbocycles. The molecule has 0 radical (unpaired) electrons. The summed E-state index contributed by atoms with van der Waals surface area (Å²) in [5, 5.41) is 8.91. The SMILES string of the molecule is N#CC1CCN(C(=O)CN2C(=O)C3C4C=CC(C4)C3C2=O)CC1. The summed E-state index contributed by atoms with van der Waals surface area (Å²) < 4.78 is 0. The van der Waals surface area contributed by atoms with Crippen LogP contribution in [-0.2, 0) is 14.4 Å². The zero-order chi connectivity index (χ0) is 16.1. The van der Waals surface area contributed by atoms with Crippen LogP contribution in [0.3, 0.4) is 0 Å². The molecule has 0 aromatic rings. The molecule has 3 amide bonds. The van der Waals surface area contributed by atoms with Gasteiger partial charge in [0.25, 0.3) is 0 Å². The lowest BCUT2D eigenvalue weighted by Gasteiger charge is -2.30. The Morgan fingerprint density at radius 2 is 1.70 bits per heavy atom. The number of piperidine rings is 1. The Balaban J connectivity index is 1.42. The van der Waals surface area contributed by atoms with Gasteiger partial charge in [-0.05, 0) is 31.1 Å². The van der Waals surface area contributed by atoms with Crippen LogP contribution >= 0.6 is 0 Å². The van der Waals surface area contributed by atoms with E-state index in [-0.39, 0.29) is 53.9 Å². The van der Waals surface area contributed by atoms with E-state index in [0.29, 0.717) is 25.9 Å². The normalized spacial score (nSPS) is 35.8. The summed E-state index contributed by atoms with van der Waals surface area (Å²) in [6.07, 6.45) is 6.34. The molecule has 2 aliphatic carbocycles. The van der Waals surface area contributed by atoms with Crippen molar-refractivity contribution in [2.45, 2.75) is 19.3 Å². The molecular weight excluding hydrogens is 294 g/mol. The first-order valence-electron chi connectivity index (χ1n) is 8.31. The molecule has 0 aromatic heterocycles. The zero-order valence-corrected chi connectivity index (χ0v) is 12.9. The fourth-order valence-corrected chi connectivity index (χ4v) is 4.61. The van der Waals surface area contributed by atoms with Crippen LogP contribution in [0.4, 0.5) is 0 Å². The molecular formula is C17H19N3O3. The van der Waals surface area contributed by atoms with E-state index in [9.17, 15) is 14.4 Å². The predicted molar refractivity (Wildman–Crippen MR) is 79.4 cm³/mol. The molecule has 4 aliphatic rings. The lowest BCUT2D eigenvalue weighted by Crippen LogP contribution is -2.46. The Morgan fingerprint density at radius 3 is 2.22 bits per heavy atom. The van der Waals surface area contributed by atoms with Crippen molar-refractivity contribution in [1.29, 1.82) is 5.26 Å². The molecule has 2 aliphatic heterocycles. The smallest absolute Gasteiger partial charge is 0.242 e. The van der Waals surface area contributed by atoms with Crippen molar-refractivity contribution in [3.63, 3.8) is 0 Å². The molecule has 6 heteroatoms. The fourth-order valence-electron chi connectivity index (χ4n) is 4.61. The number of nitrogens with zero attached hydrogens (tertiary/aromatic N) is 3. The molecule has 6 nitrogen and oxygen atoms in total. The average Bonchev–Trinajstić information content (AvgIpc) is 3.24. The van der Waals surface area contributed by atoms with E-state index in [1.807, 2.05) is 0 Å². The van der Waals surface area contributed by atoms with E-state index in [2.05, 4.69) is 18.2 Å². The first-order chi connectivity index (χ1) is 11.1. The Kier molecular flexibility index (Phi) is 3.26. The number of hydrogen-bond donors (Lipinski definition) is 0. The first-order valence-corrected chi connectivity index (χ1v) is 8.31.